The van der Waals surface area contributed by atoms with Crippen molar-refractivity contribution in [2.45, 2.75) is 95.3 Å². The molecule has 1 radical (unpaired) electrons. The zero-order valence-corrected chi connectivity index (χ0v) is 26.4. The Kier molecular flexibility index (Phi) is 12.1. The molecular formula is C31H47N4O4S2. The Hall–Kier alpha value is -1.91. The Labute approximate surface area is 254 Å². The first-order valence-electron chi connectivity index (χ1n) is 15.1. The molecule has 2 aliphatic heterocycles. The van der Waals surface area contributed by atoms with Gasteiger partial charge in [-0.2, -0.15) is 11.8 Å². The second kappa shape index (κ2) is 15.5. The molecule has 3 fully saturated rings. The van der Waals surface area contributed by atoms with E-state index in [0.717, 1.165) is 25.1 Å². The van der Waals surface area contributed by atoms with Crippen molar-refractivity contribution in [3.63, 3.8) is 0 Å². The molecule has 227 valence electrons. The van der Waals surface area contributed by atoms with E-state index < -0.39 is 23.1 Å². The Bertz CT molecular complexity index is 992. The average Bonchev–Trinajstić information content (AvgIpc) is 3.46. The van der Waals surface area contributed by atoms with Crippen LogP contribution in [-0.4, -0.2) is 81.1 Å². The zero-order chi connectivity index (χ0) is 29.2. The summed E-state index contributed by atoms with van der Waals surface area (Å²) in [5, 5.41) is 5.93. The molecule has 3 amide bonds. The molecule has 1 saturated carbocycles. The van der Waals surface area contributed by atoms with Gasteiger partial charge in [0.15, 0.2) is 5.37 Å². The van der Waals surface area contributed by atoms with Gasteiger partial charge in [-0.05, 0) is 63.7 Å². The fraction of sp³-hybridized carbons (Fsp3) is 0.677. The third-order valence-electron chi connectivity index (χ3n) is 7.83. The first-order valence-corrected chi connectivity index (χ1v) is 17.3. The van der Waals surface area contributed by atoms with Gasteiger partial charge >= 0.3 is 6.09 Å². The molecule has 0 bridgehead atoms. The third kappa shape index (κ3) is 10.1. The van der Waals surface area contributed by atoms with Crippen LogP contribution in [0.1, 0.15) is 71.3 Å². The molecule has 1 aromatic carbocycles. The second-order valence-corrected chi connectivity index (χ2v) is 14.5. The minimum atomic E-state index is -0.739. The Balaban J connectivity index is 1.33. The van der Waals surface area contributed by atoms with Crippen molar-refractivity contribution in [1.82, 2.24) is 20.4 Å². The summed E-state index contributed by atoms with van der Waals surface area (Å²) in [7, 11) is 0. The predicted octanol–water partition coefficient (Wildman–Crippen LogP) is 5.04. The molecular weight excluding hydrogens is 556 g/mol. The van der Waals surface area contributed by atoms with Gasteiger partial charge in [0.1, 0.15) is 11.6 Å². The molecule has 1 aliphatic carbocycles. The molecule has 2 N–H and O–H groups in total. The van der Waals surface area contributed by atoms with E-state index in [9.17, 15) is 14.4 Å². The number of hydrogen-bond acceptors (Lipinski definition) is 7. The molecule has 1 aromatic rings. The van der Waals surface area contributed by atoms with Gasteiger partial charge in [0, 0.05) is 37.2 Å². The van der Waals surface area contributed by atoms with Crippen LogP contribution in [0.4, 0.5) is 4.79 Å². The SMILES string of the molecule is CC(C)(C)OC(=O)N1[CH]CSC1C(=O)N[C@@H](CSCC1CCCCC1)C(=O)N1CCC(NCc2ccccc2)CC1. The number of amides is 3. The number of ether oxygens (including phenoxy) is 1. The van der Waals surface area contributed by atoms with Crippen LogP contribution in [0.5, 0.6) is 0 Å². The lowest BCUT2D eigenvalue weighted by Crippen LogP contribution is -2.56. The summed E-state index contributed by atoms with van der Waals surface area (Å²) in [5.74, 6) is 2.45. The predicted molar refractivity (Wildman–Crippen MR) is 167 cm³/mol. The van der Waals surface area contributed by atoms with Gasteiger partial charge in [-0.25, -0.2) is 4.79 Å². The van der Waals surface area contributed by atoms with Gasteiger partial charge in [-0.3, -0.25) is 14.5 Å². The van der Waals surface area contributed by atoms with E-state index in [-0.39, 0.29) is 11.8 Å². The van der Waals surface area contributed by atoms with Gasteiger partial charge < -0.3 is 20.3 Å². The van der Waals surface area contributed by atoms with Crippen molar-refractivity contribution in [3.8, 4) is 0 Å². The second-order valence-electron chi connectivity index (χ2n) is 12.3. The average molecular weight is 604 g/mol. The highest BCUT2D eigenvalue weighted by atomic mass is 32.2. The Morgan fingerprint density at radius 3 is 2.44 bits per heavy atom. The number of carbonyl (C=O) groups is 3. The fourth-order valence-corrected chi connectivity index (χ4v) is 7.83. The van der Waals surface area contributed by atoms with Crippen molar-refractivity contribution in [3.05, 3.63) is 42.4 Å². The van der Waals surface area contributed by atoms with Crippen molar-refractivity contribution in [2.75, 3.05) is 30.3 Å². The van der Waals surface area contributed by atoms with Gasteiger partial charge in [-0.15, -0.1) is 11.8 Å². The maximum Gasteiger partial charge on any atom is 0.411 e. The van der Waals surface area contributed by atoms with Crippen LogP contribution in [0, 0.1) is 12.5 Å². The molecule has 2 atom stereocenters. The summed E-state index contributed by atoms with van der Waals surface area (Å²) in [6.07, 6.45) is 7.62. The van der Waals surface area contributed by atoms with Crippen molar-refractivity contribution >= 4 is 41.4 Å². The standard InChI is InChI=1S/C31H47N4O4S2/c1-31(2,3)39-30(38)35-18-19-41-29(35)27(36)33-26(22-40-21-24-12-8-5-9-13-24)28(37)34-16-14-25(15-17-34)32-20-23-10-6-4-7-11-23/h4,6-7,10-11,18,24-26,29,32H,5,8-9,12-17,19-22H2,1-3H3,(H,33,36)/t26-,29?/m0/s1. The number of rotatable bonds is 10. The molecule has 0 aromatic heterocycles. The third-order valence-corrected chi connectivity index (χ3v) is 10.2. The lowest BCUT2D eigenvalue weighted by atomic mass is 9.91. The van der Waals surface area contributed by atoms with Crippen molar-refractivity contribution in [2.24, 2.45) is 5.92 Å². The lowest BCUT2D eigenvalue weighted by molar-refractivity contribution is -0.137. The highest BCUT2D eigenvalue weighted by Gasteiger charge is 2.40. The number of likely N-dealkylation sites (tertiary alicyclic amines) is 1. The number of nitrogens with one attached hydrogen (secondary N) is 2. The lowest BCUT2D eigenvalue weighted by Gasteiger charge is -2.35. The number of carbonyl (C=O) groups excluding carboxylic acids is 3. The summed E-state index contributed by atoms with van der Waals surface area (Å²) in [6, 6.07) is 10.1. The summed E-state index contributed by atoms with van der Waals surface area (Å²) in [6.45, 7) is 9.28. The quantitative estimate of drug-likeness (QED) is 0.387. The van der Waals surface area contributed by atoms with E-state index >= 15 is 0 Å². The summed E-state index contributed by atoms with van der Waals surface area (Å²) in [5.41, 5.74) is 0.599. The number of nitrogens with zero attached hydrogens (tertiary/aromatic N) is 2. The molecule has 4 rings (SSSR count). The smallest absolute Gasteiger partial charge is 0.411 e. The highest BCUT2D eigenvalue weighted by molar-refractivity contribution is 8.01. The molecule has 1 unspecified atom stereocenters. The van der Waals surface area contributed by atoms with Crippen LogP contribution in [-0.2, 0) is 20.9 Å². The molecule has 3 aliphatic rings. The van der Waals surface area contributed by atoms with E-state index in [1.807, 2.05) is 43.9 Å². The van der Waals surface area contributed by atoms with Gasteiger partial charge in [0.2, 0.25) is 5.91 Å². The van der Waals surface area contributed by atoms with Crippen LogP contribution in [0.2, 0.25) is 0 Å². The molecule has 8 nitrogen and oxygen atoms in total. The van der Waals surface area contributed by atoms with E-state index in [1.165, 1.54) is 54.3 Å². The number of benzene rings is 1. The number of hydrogen-bond donors (Lipinski definition) is 2. The van der Waals surface area contributed by atoms with Gasteiger partial charge in [0.25, 0.3) is 5.91 Å². The van der Waals surface area contributed by atoms with Crippen LogP contribution >= 0.6 is 23.5 Å². The molecule has 10 heteroatoms. The minimum absolute atomic E-state index is 0.0215. The van der Waals surface area contributed by atoms with Crippen LogP contribution < -0.4 is 10.6 Å². The van der Waals surface area contributed by atoms with E-state index in [1.54, 1.807) is 18.3 Å². The summed E-state index contributed by atoms with van der Waals surface area (Å²) in [4.78, 5) is 43.3. The summed E-state index contributed by atoms with van der Waals surface area (Å²) >= 11 is 3.14. The topological polar surface area (TPSA) is 91.0 Å². The Morgan fingerprint density at radius 2 is 1.76 bits per heavy atom. The summed E-state index contributed by atoms with van der Waals surface area (Å²) < 4.78 is 5.52. The minimum Gasteiger partial charge on any atom is -0.444 e. The Morgan fingerprint density at radius 1 is 1.05 bits per heavy atom. The van der Waals surface area contributed by atoms with Crippen LogP contribution in [0.15, 0.2) is 30.3 Å². The van der Waals surface area contributed by atoms with Crippen molar-refractivity contribution in [1.29, 1.82) is 0 Å². The first kappa shape index (κ1) is 32.0. The van der Waals surface area contributed by atoms with E-state index in [2.05, 4.69) is 22.8 Å². The fourth-order valence-electron chi connectivity index (χ4n) is 5.58. The molecule has 0 spiro atoms. The van der Waals surface area contributed by atoms with Crippen LogP contribution in [0.25, 0.3) is 0 Å². The van der Waals surface area contributed by atoms with E-state index in [4.69, 9.17) is 4.74 Å². The monoisotopic (exact) mass is 603 g/mol. The van der Waals surface area contributed by atoms with Crippen molar-refractivity contribution < 1.29 is 19.1 Å². The largest absolute Gasteiger partial charge is 0.444 e. The van der Waals surface area contributed by atoms with Gasteiger partial charge in [0.05, 0.1) is 6.54 Å². The number of piperidine rings is 1. The molecule has 41 heavy (non-hydrogen) atoms. The zero-order valence-electron chi connectivity index (χ0n) is 24.8. The van der Waals surface area contributed by atoms with Gasteiger partial charge in [-0.1, -0.05) is 49.6 Å². The maximum absolute atomic E-state index is 13.8. The van der Waals surface area contributed by atoms with E-state index in [0.29, 0.717) is 36.6 Å². The first-order chi connectivity index (χ1) is 19.7. The van der Waals surface area contributed by atoms with Crippen LogP contribution in [0.3, 0.4) is 0 Å². The number of thioether (sulfide) groups is 2. The molecule has 2 heterocycles. The normalized spacial score (nSPS) is 21.5. The molecule has 2 saturated heterocycles. The maximum atomic E-state index is 13.8. The highest BCUT2D eigenvalue weighted by Crippen LogP contribution is 2.30.